The molecule has 1 saturated carbocycles. The number of hydrogen-bond acceptors (Lipinski definition) is 4. The zero-order chi connectivity index (χ0) is 23.3. The zero-order valence-electron chi connectivity index (χ0n) is 17.9. The van der Waals surface area contributed by atoms with Crippen molar-refractivity contribution in [2.75, 3.05) is 31.1 Å². The average Bonchev–Trinajstić information content (AvgIpc) is 3.54. The summed E-state index contributed by atoms with van der Waals surface area (Å²) in [6, 6.07) is 8.86. The lowest BCUT2D eigenvalue weighted by molar-refractivity contribution is -0.141. The van der Waals surface area contributed by atoms with Crippen LogP contribution in [0.2, 0.25) is 10.0 Å². The molecule has 0 saturated heterocycles. The van der Waals surface area contributed by atoms with Crippen LogP contribution in [-0.4, -0.2) is 53.3 Å². The molecule has 9 heteroatoms. The maximum Gasteiger partial charge on any atom is 0.434 e. The van der Waals surface area contributed by atoms with Crippen LogP contribution in [0.4, 0.5) is 19.0 Å². The largest absolute Gasteiger partial charge is 0.434 e. The molecule has 1 atom stereocenters. The van der Waals surface area contributed by atoms with Gasteiger partial charge in [-0.2, -0.15) is 13.2 Å². The van der Waals surface area contributed by atoms with Gasteiger partial charge in [-0.25, -0.2) is 4.98 Å². The van der Waals surface area contributed by atoms with Gasteiger partial charge in [0.1, 0.15) is 5.82 Å². The molecular formula is C24H24Cl2F3N3O. The van der Waals surface area contributed by atoms with E-state index in [2.05, 4.69) is 9.88 Å². The third-order valence-corrected chi connectivity index (χ3v) is 7.38. The van der Waals surface area contributed by atoms with Gasteiger partial charge in [0.15, 0.2) is 5.69 Å². The molecule has 5 rings (SSSR count). The molecule has 1 N–H and O–H groups in total. The van der Waals surface area contributed by atoms with Gasteiger partial charge in [0.25, 0.3) is 0 Å². The molecule has 2 aromatic rings. The first kappa shape index (κ1) is 23.0. The minimum Gasteiger partial charge on any atom is -0.394 e. The van der Waals surface area contributed by atoms with E-state index in [1.54, 1.807) is 6.07 Å². The standard InChI is InChI=1S/C24H24Cl2F3N3O/c25-15-2-1-14-11-19-17(18(14)12-15)7-8-31(21(19)13-33)9-10-32(16-3-4-16)22-6-5-20(26)23(30-22)24(27,28)29/h1-2,5-6,12,16,21,33H,3-4,7-11,13H2. The highest BCUT2D eigenvalue weighted by atomic mass is 35.5. The van der Waals surface area contributed by atoms with Crippen LogP contribution in [0, 0.1) is 0 Å². The summed E-state index contributed by atoms with van der Waals surface area (Å²) < 4.78 is 40.0. The molecule has 2 heterocycles. The third kappa shape index (κ3) is 4.48. The fourth-order valence-corrected chi connectivity index (χ4v) is 5.49. The van der Waals surface area contributed by atoms with Crippen LogP contribution >= 0.6 is 23.2 Å². The molecule has 0 amide bonds. The van der Waals surface area contributed by atoms with E-state index in [9.17, 15) is 18.3 Å². The first-order valence-corrected chi connectivity index (χ1v) is 11.9. The van der Waals surface area contributed by atoms with Crippen LogP contribution in [0.3, 0.4) is 0 Å². The van der Waals surface area contributed by atoms with Crippen molar-refractivity contribution in [3.63, 3.8) is 0 Å². The molecule has 1 unspecified atom stereocenters. The van der Waals surface area contributed by atoms with Gasteiger partial charge in [-0.15, -0.1) is 0 Å². The fourth-order valence-electron chi connectivity index (χ4n) is 5.10. The van der Waals surface area contributed by atoms with Crippen molar-refractivity contribution in [1.82, 2.24) is 9.88 Å². The highest BCUT2D eigenvalue weighted by Gasteiger charge is 2.38. The number of fused-ring (bicyclic) bond motifs is 2. The summed E-state index contributed by atoms with van der Waals surface area (Å²) in [4.78, 5) is 8.07. The second kappa shape index (κ2) is 8.77. The number of hydrogen-bond donors (Lipinski definition) is 1. The molecule has 4 nitrogen and oxygen atoms in total. The van der Waals surface area contributed by atoms with Gasteiger partial charge in [-0.1, -0.05) is 29.3 Å². The van der Waals surface area contributed by atoms with Crippen LogP contribution in [0.5, 0.6) is 0 Å². The molecule has 0 spiro atoms. The highest BCUT2D eigenvalue weighted by Crippen LogP contribution is 2.42. The summed E-state index contributed by atoms with van der Waals surface area (Å²) in [5.74, 6) is 0.301. The van der Waals surface area contributed by atoms with Gasteiger partial charge >= 0.3 is 6.18 Å². The summed E-state index contributed by atoms with van der Waals surface area (Å²) in [7, 11) is 0. The minimum absolute atomic E-state index is 0.00139. The van der Waals surface area contributed by atoms with E-state index in [1.165, 1.54) is 28.3 Å². The summed E-state index contributed by atoms with van der Waals surface area (Å²) in [6.07, 6.45) is -1.08. The van der Waals surface area contributed by atoms with E-state index in [-0.39, 0.29) is 18.7 Å². The van der Waals surface area contributed by atoms with Crippen molar-refractivity contribution >= 4 is 34.6 Å². The van der Waals surface area contributed by atoms with Gasteiger partial charge < -0.3 is 10.0 Å². The number of aromatic nitrogens is 1. The van der Waals surface area contributed by atoms with Crippen molar-refractivity contribution in [2.24, 2.45) is 0 Å². The Bertz CT molecular complexity index is 1100. The van der Waals surface area contributed by atoms with Crippen molar-refractivity contribution in [2.45, 2.75) is 43.9 Å². The Kier molecular flexibility index (Phi) is 6.10. The first-order valence-electron chi connectivity index (χ1n) is 11.1. The van der Waals surface area contributed by atoms with Crippen molar-refractivity contribution in [3.8, 4) is 0 Å². The van der Waals surface area contributed by atoms with Gasteiger partial charge in [-0.05, 0) is 72.2 Å². The average molecular weight is 498 g/mol. The van der Waals surface area contributed by atoms with Gasteiger partial charge in [0.2, 0.25) is 0 Å². The van der Waals surface area contributed by atoms with Gasteiger partial charge in [0, 0.05) is 30.7 Å². The molecule has 176 valence electrons. The third-order valence-electron chi connectivity index (χ3n) is 6.84. The maximum atomic E-state index is 13.3. The quantitative estimate of drug-likeness (QED) is 0.575. The maximum absolute atomic E-state index is 13.3. The summed E-state index contributed by atoms with van der Waals surface area (Å²) >= 11 is 12.0. The van der Waals surface area contributed by atoms with E-state index >= 15 is 0 Å². The van der Waals surface area contributed by atoms with Crippen molar-refractivity contribution < 1.29 is 18.3 Å². The molecule has 1 aromatic heterocycles. The van der Waals surface area contributed by atoms with Crippen molar-refractivity contribution in [1.29, 1.82) is 0 Å². The topological polar surface area (TPSA) is 39.6 Å². The predicted molar refractivity (Wildman–Crippen MR) is 124 cm³/mol. The number of anilines is 1. The van der Waals surface area contributed by atoms with E-state index < -0.39 is 16.9 Å². The molecule has 33 heavy (non-hydrogen) atoms. The number of aliphatic hydroxyl groups is 1. The van der Waals surface area contributed by atoms with Crippen LogP contribution in [0.15, 0.2) is 35.9 Å². The molecule has 0 bridgehead atoms. The van der Waals surface area contributed by atoms with E-state index in [1.807, 2.05) is 23.1 Å². The minimum atomic E-state index is -4.60. The molecule has 1 fully saturated rings. The Morgan fingerprint density at radius 3 is 2.64 bits per heavy atom. The van der Waals surface area contributed by atoms with E-state index in [0.29, 0.717) is 23.9 Å². The number of alkyl halides is 3. The number of rotatable bonds is 6. The Balaban J connectivity index is 1.34. The lowest BCUT2D eigenvalue weighted by Crippen LogP contribution is -2.47. The fraction of sp³-hybridized carbons (Fsp3) is 0.458. The second-order valence-corrected chi connectivity index (χ2v) is 9.73. The zero-order valence-corrected chi connectivity index (χ0v) is 19.4. The molecule has 1 aromatic carbocycles. The van der Waals surface area contributed by atoms with Crippen LogP contribution in [-0.2, 0) is 12.6 Å². The molecule has 2 aliphatic carbocycles. The number of pyridine rings is 1. The Labute approximate surface area is 200 Å². The highest BCUT2D eigenvalue weighted by molar-refractivity contribution is 6.31. The molecule has 3 aliphatic rings. The predicted octanol–water partition coefficient (Wildman–Crippen LogP) is 5.45. The number of halogens is 5. The number of nitrogens with zero attached hydrogens (tertiary/aromatic N) is 3. The molecule has 1 aliphatic heterocycles. The van der Waals surface area contributed by atoms with E-state index in [0.717, 1.165) is 32.2 Å². The molecular weight excluding hydrogens is 474 g/mol. The second-order valence-electron chi connectivity index (χ2n) is 8.89. The Morgan fingerprint density at radius 2 is 1.94 bits per heavy atom. The normalized spacial score (nSPS) is 20.7. The van der Waals surface area contributed by atoms with Gasteiger partial charge in [-0.3, -0.25) is 4.90 Å². The lowest BCUT2D eigenvalue weighted by Gasteiger charge is -2.38. The van der Waals surface area contributed by atoms with Crippen LogP contribution in [0.1, 0.15) is 36.1 Å². The van der Waals surface area contributed by atoms with Crippen LogP contribution < -0.4 is 4.90 Å². The van der Waals surface area contributed by atoms with Gasteiger partial charge in [0.05, 0.1) is 17.7 Å². The summed E-state index contributed by atoms with van der Waals surface area (Å²) in [6.45, 7) is 1.94. The number of aliphatic hydroxyl groups excluding tert-OH is 1. The lowest BCUT2D eigenvalue weighted by atomic mass is 9.93. The summed E-state index contributed by atoms with van der Waals surface area (Å²) in [5, 5.41) is 10.6. The smallest absolute Gasteiger partial charge is 0.394 e. The Morgan fingerprint density at radius 1 is 1.15 bits per heavy atom. The monoisotopic (exact) mass is 497 g/mol. The Hall–Kier alpha value is -1.80. The van der Waals surface area contributed by atoms with E-state index in [4.69, 9.17) is 23.2 Å². The number of benzene rings is 1. The van der Waals surface area contributed by atoms with Crippen LogP contribution in [0.25, 0.3) is 5.57 Å². The van der Waals surface area contributed by atoms with Crippen molar-refractivity contribution in [3.05, 3.63) is 62.8 Å². The SMILES string of the molecule is OCC1C2=C(CCN1CCN(c1ccc(Cl)c(C(F)(F)F)n1)C1CC1)c1cc(Cl)ccc1C2. The molecule has 0 radical (unpaired) electrons. The first-order chi connectivity index (χ1) is 15.8. The summed E-state index contributed by atoms with van der Waals surface area (Å²) in [5.41, 5.74) is 3.87.